The predicted molar refractivity (Wildman–Crippen MR) is 122 cm³/mol. The van der Waals surface area contributed by atoms with Crippen molar-refractivity contribution in [3.8, 4) is 0 Å². The summed E-state index contributed by atoms with van der Waals surface area (Å²) < 4.78 is 14.7. The molecular formula is C24H25BrFN3O. The summed E-state index contributed by atoms with van der Waals surface area (Å²) in [5, 5.41) is 3.87. The quantitative estimate of drug-likeness (QED) is 0.503. The van der Waals surface area contributed by atoms with Gasteiger partial charge in [0, 0.05) is 28.3 Å². The third-order valence-corrected chi connectivity index (χ3v) is 6.18. The van der Waals surface area contributed by atoms with Crippen molar-refractivity contribution in [3.63, 3.8) is 0 Å². The molecule has 4 rings (SSSR count). The number of anilines is 1. The van der Waals surface area contributed by atoms with Gasteiger partial charge in [-0.3, -0.25) is 14.7 Å². The van der Waals surface area contributed by atoms with E-state index in [0.29, 0.717) is 10.2 Å². The Balaban J connectivity index is 1.54. The largest absolute Gasteiger partial charge is 0.322 e. The van der Waals surface area contributed by atoms with Crippen LogP contribution in [0.25, 0.3) is 10.9 Å². The summed E-state index contributed by atoms with van der Waals surface area (Å²) in [4.78, 5) is 19.7. The molecule has 30 heavy (non-hydrogen) atoms. The molecule has 156 valence electrons. The Hall–Kier alpha value is -2.31. The van der Waals surface area contributed by atoms with Crippen LogP contribution in [0, 0.1) is 12.7 Å². The molecule has 0 radical (unpaired) electrons. The number of hydrogen-bond acceptors (Lipinski definition) is 3. The minimum atomic E-state index is -0.559. The van der Waals surface area contributed by atoms with E-state index in [1.165, 1.54) is 43.4 Å². The van der Waals surface area contributed by atoms with Crippen LogP contribution in [0.3, 0.4) is 0 Å². The Morgan fingerprint density at radius 1 is 1.13 bits per heavy atom. The first-order valence-electron chi connectivity index (χ1n) is 10.4. The fraction of sp³-hybridized carbons (Fsp3) is 0.333. The smallest absolute Gasteiger partial charge is 0.258 e. The van der Waals surface area contributed by atoms with E-state index < -0.39 is 11.7 Å². The number of rotatable bonds is 4. The maximum atomic E-state index is 14.1. The second kappa shape index (κ2) is 9.23. The van der Waals surface area contributed by atoms with Gasteiger partial charge in [0.05, 0.1) is 11.1 Å². The number of benzene rings is 2. The predicted octanol–water partition coefficient (Wildman–Crippen LogP) is 6.07. The van der Waals surface area contributed by atoms with Crippen LogP contribution < -0.4 is 5.32 Å². The summed E-state index contributed by atoms with van der Waals surface area (Å²) in [6.45, 7) is 5.14. The van der Waals surface area contributed by atoms with Crippen LogP contribution in [0.15, 0.2) is 47.1 Å². The Labute approximate surface area is 184 Å². The number of halogens is 2. The lowest BCUT2D eigenvalue weighted by molar-refractivity contribution is 0.102. The second-order valence-electron chi connectivity index (χ2n) is 7.92. The van der Waals surface area contributed by atoms with Gasteiger partial charge in [0.25, 0.3) is 5.91 Å². The standard InChI is InChI=1S/C24H25BrFN3O/c1-16-22(28-24(30)20-8-7-19(25)13-21(20)26)9-6-18-12-17(14-27-23(16)18)15-29-10-4-2-3-5-11-29/h6-9,12-14H,2-5,10-11,15H2,1H3,(H,28,30). The van der Waals surface area contributed by atoms with Crippen LogP contribution >= 0.6 is 15.9 Å². The molecule has 1 fully saturated rings. The first-order valence-corrected chi connectivity index (χ1v) is 11.2. The molecule has 4 nitrogen and oxygen atoms in total. The van der Waals surface area contributed by atoms with Crippen molar-refractivity contribution in [2.24, 2.45) is 0 Å². The monoisotopic (exact) mass is 469 g/mol. The number of aryl methyl sites for hydroxylation is 1. The summed E-state index contributed by atoms with van der Waals surface area (Å²) in [6, 6.07) is 10.4. The van der Waals surface area contributed by atoms with E-state index in [1.54, 1.807) is 6.07 Å². The molecule has 1 amide bonds. The zero-order chi connectivity index (χ0) is 21.1. The van der Waals surface area contributed by atoms with E-state index in [9.17, 15) is 9.18 Å². The van der Waals surface area contributed by atoms with Crippen LogP contribution in [0.1, 0.15) is 47.2 Å². The van der Waals surface area contributed by atoms with Gasteiger partial charge < -0.3 is 5.32 Å². The zero-order valence-electron chi connectivity index (χ0n) is 17.0. The molecule has 1 aliphatic rings. The Morgan fingerprint density at radius 3 is 2.63 bits per heavy atom. The summed E-state index contributed by atoms with van der Waals surface area (Å²) in [5.74, 6) is -1.03. The number of likely N-dealkylation sites (tertiary alicyclic amines) is 1. The van der Waals surface area contributed by atoms with Crippen LogP contribution in [0.5, 0.6) is 0 Å². The lowest BCUT2D eigenvalue weighted by Crippen LogP contribution is -2.24. The SMILES string of the molecule is Cc1c(NC(=O)c2ccc(Br)cc2F)ccc2cc(CN3CCCCCC3)cnc12. The number of hydrogen-bond donors (Lipinski definition) is 1. The number of fused-ring (bicyclic) bond motifs is 1. The number of amides is 1. The minimum absolute atomic E-state index is 0.0125. The van der Waals surface area contributed by atoms with Gasteiger partial charge in [-0.2, -0.15) is 0 Å². The van der Waals surface area contributed by atoms with Gasteiger partial charge in [-0.25, -0.2) is 4.39 Å². The van der Waals surface area contributed by atoms with Crippen molar-refractivity contribution in [1.29, 1.82) is 0 Å². The molecule has 0 saturated carbocycles. The van der Waals surface area contributed by atoms with Crippen molar-refractivity contribution >= 4 is 38.4 Å². The van der Waals surface area contributed by atoms with E-state index in [1.807, 2.05) is 25.3 Å². The molecule has 2 heterocycles. The molecule has 1 aliphatic heterocycles. The van der Waals surface area contributed by atoms with Gasteiger partial charge in [0.1, 0.15) is 5.82 Å². The number of carbonyl (C=O) groups excluding carboxylic acids is 1. The minimum Gasteiger partial charge on any atom is -0.322 e. The second-order valence-corrected chi connectivity index (χ2v) is 8.84. The molecule has 3 aromatic rings. The van der Waals surface area contributed by atoms with Crippen LogP contribution in [-0.4, -0.2) is 28.9 Å². The maximum Gasteiger partial charge on any atom is 0.258 e. The van der Waals surface area contributed by atoms with E-state index >= 15 is 0 Å². The van der Waals surface area contributed by atoms with Crippen molar-refractivity contribution in [2.75, 3.05) is 18.4 Å². The van der Waals surface area contributed by atoms with E-state index in [-0.39, 0.29) is 5.56 Å². The number of carbonyl (C=O) groups is 1. The van der Waals surface area contributed by atoms with E-state index in [0.717, 1.165) is 36.1 Å². The highest BCUT2D eigenvalue weighted by atomic mass is 79.9. The van der Waals surface area contributed by atoms with Gasteiger partial charge in [-0.1, -0.05) is 34.8 Å². The van der Waals surface area contributed by atoms with Gasteiger partial charge in [0.2, 0.25) is 0 Å². The van der Waals surface area contributed by atoms with Crippen molar-refractivity contribution in [2.45, 2.75) is 39.2 Å². The van der Waals surface area contributed by atoms with Gasteiger partial charge in [-0.05, 0) is 74.3 Å². The Morgan fingerprint density at radius 2 is 1.90 bits per heavy atom. The number of pyridine rings is 1. The number of nitrogens with one attached hydrogen (secondary N) is 1. The fourth-order valence-electron chi connectivity index (χ4n) is 4.03. The Kier molecular flexibility index (Phi) is 6.44. The molecular weight excluding hydrogens is 445 g/mol. The van der Waals surface area contributed by atoms with Crippen LogP contribution in [0.2, 0.25) is 0 Å². The number of aromatic nitrogens is 1. The topological polar surface area (TPSA) is 45.2 Å². The molecule has 0 bridgehead atoms. The first-order chi connectivity index (χ1) is 14.5. The lowest BCUT2D eigenvalue weighted by Gasteiger charge is -2.20. The van der Waals surface area contributed by atoms with Crippen molar-refractivity contribution in [1.82, 2.24) is 9.88 Å². The summed E-state index contributed by atoms with van der Waals surface area (Å²) >= 11 is 3.21. The molecule has 0 unspecified atom stereocenters. The molecule has 1 aromatic heterocycles. The number of nitrogens with zero attached hydrogens (tertiary/aromatic N) is 2. The molecule has 0 aliphatic carbocycles. The van der Waals surface area contributed by atoms with E-state index in [4.69, 9.17) is 0 Å². The molecule has 1 N–H and O–H groups in total. The van der Waals surface area contributed by atoms with Gasteiger partial charge >= 0.3 is 0 Å². The Bertz CT molecular complexity index is 1080. The third-order valence-electron chi connectivity index (χ3n) is 5.69. The molecule has 2 aromatic carbocycles. The summed E-state index contributed by atoms with van der Waals surface area (Å²) in [7, 11) is 0. The highest BCUT2D eigenvalue weighted by Crippen LogP contribution is 2.26. The maximum absolute atomic E-state index is 14.1. The fourth-order valence-corrected chi connectivity index (χ4v) is 4.36. The van der Waals surface area contributed by atoms with Gasteiger partial charge in [-0.15, -0.1) is 0 Å². The average molecular weight is 470 g/mol. The van der Waals surface area contributed by atoms with E-state index in [2.05, 4.69) is 37.2 Å². The molecule has 0 spiro atoms. The van der Waals surface area contributed by atoms with Crippen LogP contribution in [0.4, 0.5) is 10.1 Å². The average Bonchev–Trinajstić information content (AvgIpc) is 2.98. The summed E-state index contributed by atoms with van der Waals surface area (Å²) in [6.07, 6.45) is 7.11. The van der Waals surface area contributed by atoms with Crippen LogP contribution in [-0.2, 0) is 6.54 Å². The van der Waals surface area contributed by atoms with Crippen molar-refractivity contribution in [3.05, 3.63) is 69.6 Å². The lowest BCUT2D eigenvalue weighted by atomic mass is 10.1. The third kappa shape index (κ3) is 4.71. The normalized spacial score (nSPS) is 15.2. The zero-order valence-corrected chi connectivity index (χ0v) is 18.6. The molecule has 0 atom stereocenters. The molecule has 6 heteroatoms. The summed E-state index contributed by atoms with van der Waals surface area (Å²) in [5.41, 5.74) is 3.59. The highest BCUT2D eigenvalue weighted by molar-refractivity contribution is 9.10. The van der Waals surface area contributed by atoms with Gasteiger partial charge in [0.15, 0.2) is 0 Å². The molecule has 1 saturated heterocycles. The van der Waals surface area contributed by atoms with Crippen molar-refractivity contribution < 1.29 is 9.18 Å². The highest BCUT2D eigenvalue weighted by Gasteiger charge is 2.15. The first kappa shape index (κ1) is 20.9.